The first-order valence-electron chi connectivity index (χ1n) is 6.56. The maximum Gasteiger partial charge on any atom is 0.461 e. The van der Waals surface area contributed by atoms with Gasteiger partial charge in [0.25, 0.3) is 11.8 Å². The van der Waals surface area contributed by atoms with E-state index in [0.29, 0.717) is 11.7 Å². The summed E-state index contributed by atoms with van der Waals surface area (Å²) in [4.78, 5) is 27.1. The molecule has 1 heterocycles. The summed E-state index contributed by atoms with van der Waals surface area (Å²) in [6, 6.07) is 0. The van der Waals surface area contributed by atoms with Gasteiger partial charge in [-0.15, -0.1) is 0 Å². The molecule has 0 radical (unpaired) electrons. The van der Waals surface area contributed by atoms with Crippen LogP contribution in [0.4, 0.5) is 0 Å². The Morgan fingerprint density at radius 1 is 1.00 bits per heavy atom. The van der Waals surface area contributed by atoms with Gasteiger partial charge in [0.1, 0.15) is 0 Å². The molecule has 3 unspecified atom stereocenters. The molecule has 4 atom stereocenters. The summed E-state index contributed by atoms with van der Waals surface area (Å²) in [5, 5.41) is 0. The van der Waals surface area contributed by atoms with Crippen LogP contribution in [0.2, 0.25) is 5.82 Å². The van der Waals surface area contributed by atoms with Crippen molar-refractivity contribution in [3.63, 3.8) is 0 Å². The van der Waals surface area contributed by atoms with Gasteiger partial charge in [-0.05, 0) is 18.2 Å². The van der Waals surface area contributed by atoms with Gasteiger partial charge in [0.2, 0.25) is 0 Å². The van der Waals surface area contributed by atoms with E-state index in [1.165, 1.54) is 9.80 Å². The Balaban J connectivity index is 2.12. The molecule has 0 N–H and O–H groups in total. The van der Waals surface area contributed by atoms with Crippen molar-refractivity contribution in [3.8, 4) is 0 Å². The first kappa shape index (κ1) is 14.3. The minimum atomic E-state index is -0.831. The van der Waals surface area contributed by atoms with Crippen molar-refractivity contribution in [3.05, 3.63) is 0 Å². The zero-order valence-electron chi connectivity index (χ0n) is 12.1. The van der Waals surface area contributed by atoms with Crippen molar-refractivity contribution < 1.29 is 18.9 Å². The summed E-state index contributed by atoms with van der Waals surface area (Å²) in [5.74, 6) is 0.387. The molecule has 0 aromatic carbocycles. The molecule has 1 aliphatic heterocycles. The summed E-state index contributed by atoms with van der Waals surface area (Å²) >= 11 is 0. The highest BCUT2D eigenvalue weighted by Crippen LogP contribution is 2.49. The van der Waals surface area contributed by atoms with Crippen molar-refractivity contribution in [2.75, 3.05) is 28.2 Å². The minimum Gasteiger partial charge on any atom is -0.396 e. The van der Waals surface area contributed by atoms with Crippen LogP contribution in [0.1, 0.15) is 13.3 Å². The van der Waals surface area contributed by atoms with E-state index < -0.39 is 19.3 Å². The highest BCUT2D eigenvalue weighted by molar-refractivity contribution is 6.49. The lowest BCUT2D eigenvalue weighted by Crippen LogP contribution is -2.47. The highest BCUT2D eigenvalue weighted by atomic mass is 16.7. The molecule has 106 valence electrons. The smallest absolute Gasteiger partial charge is 0.396 e. The van der Waals surface area contributed by atoms with Crippen LogP contribution in [0.5, 0.6) is 0 Å². The monoisotopic (exact) mass is 268 g/mol. The van der Waals surface area contributed by atoms with E-state index in [-0.39, 0.29) is 11.8 Å². The van der Waals surface area contributed by atoms with Crippen molar-refractivity contribution in [1.29, 1.82) is 0 Å². The zero-order valence-corrected chi connectivity index (χ0v) is 12.1. The maximum absolute atomic E-state index is 12.1. The Morgan fingerprint density at radius 2 is 1.37 bits per heavy atom. The van der Waals surface area contributed by atoms with Gasteiger partial charge in [0, 0.05) is 28.2 Å². The Morgan fingerprint density at radius 3 is 1.63 bits per heavy atom. The lowest BCUT2D eigenvalue weighted by atomic mass is 9.81. The summed E-state index contributed by atoms with van der Waals surface area (Å²) in [7, 11) is 6.16. The second kappa shape index (κ2) is 5.13. The normalized spacial score (nSPS) is 33.2. The Kier molecular flexibility index (Phi) is 3.87. The van der Waals surface area contributed by atoms with Crippen LogP contribution < -0.4 is 0 Å². The van der Waals surface area contributed by atoms with E-state index in [0.717, 1.165) is 6.42 Å². The third-order valence-electron chi connectivity index (χ3n) is 3.73. The minimum absolute atomic E-state index is 0.226. The quantitative estimate of drug-likeness (QED) is 0.668. The summed E-state index contributed by atoms with van der Waals surface area (Å²) in [6.45, 7) is 2.11. The zero-order chi connectivity index (χ0) is 14.3. The van der Waals surface area contributed by atoms with Crippen LogP contribution in [0.3, 0.4) is 0 Å². The molecule has 1 saturated heterocycles. The highest BCUT2D eigenvalue weighted by Gasteiger charge is 2.56. The lowest BCUT2D eigenvalue weighted by molar-refractivity contribution is -0.146. The standard InChI is InChI=1S/C12H21BN2O4/c1-7-6-8(7)13-18-9(11(16)14(2)3)10(19-13)12(17)15(4)5/h7-10H,6H2,1-5H3/t7-,8?,9?,10?/m1/s1. The number of amides is 2. The molecular weight excluding hydrogens is 247 g/mol. The average molecular weight is 268 g/mol. The van der Waals surface area contributed by atoms with E-state index in [2.05, 4.69) is 6.92 Å². The van der Waals surface area contributed by atoms with E-state index in [1.54, 1.807) is 28.2 Å². The predicted molar refractivity (Wildman–Crippen MR) is 70.4 cm³/mol. The molecule has 6 nitrogen and oxygen atoms in total. The summed E-state index contributed by atoms with van der Waals surface area (Å²) < 4.78 is 11.4. The molecule has 19 heavy (non-hydrogen) atoms. The average Bonchev–Trinajstić information content (AvgIpc) is 2.92. The molecule has 0 spiro atoms. The van der Waals surface area contributed by atoms with Gasteiger partial charge in [0.15, 0.2) is 12.2 Å². The summed E-state index contributed by atoms with van der Waals surface area (Å²) in [6.07, 6.45) is -0.637. The molecule has 0 bridgehead atoms. The van der Waals surface area contributed by atoms with Crippen LogP contribution in [-0.2, 0) is 18.9 Å². The lowest BCUT2D eigenvalue weighted by Gasteiger charge is -2.22. The van der Waals surface area contributed by atoms with Crippen molar-refractivity contribution >= 4 is 18.9 Å². The van der Waals surface area contributed by atoms with Gasteiger partial charge in [-0.2, -0.15) is 0 Å². The second-order valence-electron chi connectivity index (χ2n) is 5.82. The largest absolute Gasteiger partial charge is 0.461 e. The fourth-order valence-electron chi connectivity index (χ4n) is 2.28. The van der Waals surface area contributed by atoms with Crippen LogP contribution in [-0.4, -0.2) is 69.1 Å². The van der Waals surface area contributed by atoms with Crippen LogP contribution >= 0.6 is 0 Å². The fourth-order valence-corrected chi connectivity index (χ4v) is 2.28. The van der Waals surface area contributed by atoms with Gasteiger partial charge in [-0.1, -0.05) is 6.92 Å². The first-order chi connectivity index (χ1) is 8.82. The third kappa shape index (κ3) is 2.77. The molecule has 0 aromatic rings. The topological polar surface area (TPSA) is 59.1 Å². The Hall–Kier alpha value is -1.08. The number of likely N-dealkylation sites (N-methyl/N-ethyl adjacent to an activating group) is 2. The number of carbonyl (C=O) groups excluding carboxylic acids is 2. The van der Waals surface area contributed by atoms with Crippen molar-refractivity contribution in [2.24, 2.45) is 5.92 Å². The number of nitrogens with zero attached hydrogens (tertiary/aromatic N) is 2. The van der Waals surface area contributed by atoms with Crippen LogP contribution in [0.15, 0.2) is 0 Å². The molecular formula is C12H21BN2O4. The molecule has 2 aliphatic rings. The maximum atomic E-state index is 12.1. The van der Waals surface area contributed by atoms with Gasteiger partial charge in [-0.25, -0.2) is 0 Å². The number of hydrogen-bond donors (Lipinski definition) is 0. The number of carbonyl (C=O) groups is 2. The van der Waals surface area contributed by atoms with Crippen LogP contribution in [0.25, 0.3) is 0 Å². The second-order valence-corrected chi connectivity index (χ2v) is 5.82. The van der Waals surface area contributed by atoms with E-state index in [4.69, 9.17) is 9.31 Å². The van der Waals surface area contributed by atoms with E-state index >= 15 is 0 Å². The van der Waals surface area contributed by atoms with Gasteiger partial charge in [0.05, 0.1) is 0 Å². The summed E-state index contributed by atoms with van der Waals surface area (Å²) in [5.41, 5.74) is 0. The van der Waals surface area contributed by atoms with Crippen LogP contribution in [0, 0.1) is 5.92 Å². The molecule has 2 rings (SSSR count). The third-order valence-corrected chi connectivity index (χ3v) is 3.73. The molecule has 2 amide bonds. The molecule has 2 fully saturated rings. The van der Waals surface area contributed by atoms with E-state index in [9.17, 15) is 9.59 Å². The molecule has 1 aliphatic carbocycles. The van der Waals surface area contributed by atoms with Crippen molar-refractivity contribution in [1.82, 2.24) is 9.80 Å². The van der Waals surface area contributed by atoms with Crippen molar-refractivity contribution in [2.45, 2.75) is 31.4 Å². The number of hydrogen-bond acceptors (Lipinski definition) is 4. The fraction of sp³-hybridized carbons (Fsp3) is 0.833. The SMILES string of the molecule is C[C@@H]1CC1B1OC(C(=O)N(C)C)C(C(=O)N(C)C)O1. The number of rotatable bonds is 3. The predicted octanol–water partition coefficient (Wildman–Crippen LogP) is -0.155. The molecule has 1 saturated carbocycles. The van der Waals surface area contributed by atoms with Gasteiger partial charge in [-0.3, -0.25) is 9.59 Å². The van der Waals surface area contributed by atoms with Gasteiger partial charge < -0.3 is 19.1 Å². The Bertz CT molecular complexity index is 360. The van der Waals surface area contributed by atoms with Gasteiger partial charge >= 0.3 is 7.12 Å². The first-order valence-corrected chi connectivity index (χ1v) is 6.56. The Labute approximate surface area is 114 Å². The molecule has 0 aromatic heterocycles. The molecule has 7 heteroatoms. The van der Waals surface area contributed by atoms with E-state index in [1.807, 2.05) is 0 Å².